The molecule has 3 nitrogen and oxygen atoms in total. The lowest BCUT2D eigenvalue weighted by Crippen LogP contribution is -2.15. The Kier molecular flexibility index (Phi) is 3.74. The number of rotatable bonds is 4. The lowest BCUT2D eigenvalue weighted by atomic mass is 10.1. The van der Waals surface area contributed by atoms with Gasteiger partial charge in [-0.1, -0.05) is 13.8 Å². The minimum Gasteiger partial charge on any atom is -0.488 e. The SMILES string of the molecule is CC(C)CC(C)Oc1ccncc1N. The number of nitrogens with zero attached hydrogens (tertiary/aromatic N) is 1. The van der Waals surface area contributed by atoms with Crippen LogP contribution in [0.3, 0.4) is 0 Å². The van der Waals surface area contributed by atoms with Gasteiger partial charge < -0.3 is 10.5 Å². The molecule has 0 aliphatic heterocycles. The van der Waals surface area contributed by atoms with Gasteiger partial charge in [0, 0.05) is 12.3 Å². The molecule has 1 atom stereocenters. The summed E-state index contributed by atoms with van der Waals surface area (Å²) in [7, 11) is 0. The smallest absolute Gasteiger partial charge is 0.145 e. The number of hydrogen-bond donors (Lipinski definition) is 1. The number of pyridine rings is 1. The Labute approximate surface area is 85.3 Å². The Morgan fingerprint density at radius 3 is 2.71 bits per heavy atom. The molecule has 0 aliphatic carbocycles. The first kappa shape index (κ1) is 10.8. The van der Waals surface area contributed by atoms with Crippen LogP contribution in [0.5, 0.6) is 5.75 Å². The minimum atomic E-state index is 0.194. The van der Waals surface area contributed by atoms with E-state index in [2.05, 4.69) is 25.8 Å². The highest BCUT2D eigenvalue weighted by molar-refractivity contribution is 5.49. The maximum absolute atomic E-state index is 5.71. The molecule has 1 unspecified atom stereocenters. The lowest BCUT2D eigenvalue weighted by Gasteiger charge is -2.17. The molecule has 1 rings (SSSR count). The number of nitrogen functional groups attached to an aromatic ring is 1. The van der Waals surface area contributed by atoms with Crippen molar-refractivity contribution in [1.29, 1.82) is 0 Å². The molecule has 0 radical (unpaired) electrons. The van der Waals surface area contributed by atoms with Gasteiger partial charge in [0.25, 0.3) is 0 Å². The molecule has 0 spiro atoms. The Bertz CT molecular complexity index is 286. The van der Waals surface area contributed by atoms with Crippen LogP contribution in [0.15, 0.2) is 18.5 Å². The first-order chi connectivity index (χ1) is 6.59. The highest BCUT2D eigenvalue weighted by Gasteiger charge is 2.08. The zero-order valence-corrected chi connectivity index (χ0v) is 9.03. The summed E-state index contributed by atoms with van der Waals surface area (Å²) < 4.78 is 5.69. The van der Waals surface area contributed by atoms with Crippen LogP contribution in [-0.2, 0) is 0 Å². The molecule has 2 N–H and O–H groups in total. The molecule has 14 heavy (non-hydrogen) atoms. The molecule has 78 valence electrons. The van der Waals surface area contributed by atoms with Gasteiger partial charge >= 0.3 is 0 Å². The van der Waals surface area contributed by atoms with Crippen LogP contribution in [0.1, 0.15) is 27.2 Å². The fourth-order valence-electron chi connectivity index (χ4n) is 1.43. The summed E-state index contributed by atoms with van der Waals surface area (Å²) in [5, 5.41) is 0. The quantitative estimate of drug-likeness (QED) is 0.801. The molecule has 0 aliphatic rings. The van der Waals surface area contributed by atoms with E-state index in [4.69, 9.17) is 10.5 Å². The van der Waals surface area contributed by atoms with Gasteiger partial charge in [-0.15, -0.1) is 0 Å². The first-order valence-electron chi connectivity index (χ1n) is 4.95. The summed E-state index contributed by atoms with van der Waals surface area (Å²) in [6.45, 7) is 6.41. The lowest BCUT2D eigenvalue weighted by molar-refractivity contribution is 0.194. The minimum absolute atomic E-state index is 0.194. The standard InChI is InChI=1S/C11H18N2O/c1-8(2)6-9(3)14-11-4-5-13-7-10(11)12/h4-5,7-9H,6,12H2,1-3H3. The second-order valence-corrected chi connectivity index (χ2v) is 3.97. The van der Waals surface area contributed by atoms with Gasteiger partial charge in [0.1, 0.15) is 5.75 Å². The van der Waals surface area contributed by atoms with Crippen LogP contribution in [-0.4, -0.2) is 11.1 Å². The van der Waals surface area contributed by atoms with Gasteiger partial charge in [0.05, 0.1) is 18.0 Å². The van der Waals surface area contributed by atoms with Crippen molar-refractivity contribution < 1.29 is 4.74 Å². The number of nitrogens with two attached hydrogens (primary N) is 1. The Balaban J connectivity index is 2.56. The van der Waals surface area contributed by atoms with Crippen molar-refractivity contribution in [3.63, 3.8) is 0 Å². The van der Waals surface area contributed by atoms with Crippen LogP contribution in [0.4, 0.5) is 5.69 Å². The van der Waals surface area contributed by atoms with Crippen molar-refractivity contribution >= 4 is 5.69 Å². The molecule has 0 bridgehead atoms. The Hall–Kier alpha value is -1.25. The van der Waals surface area contributed by atoms with E-state index in [1.807, 2.05) is 0 Å². The fraction of sp³-hybridized carbons (Fsp3) is 0.545. The molecule has 1 aromatic heterocycles. The maximum Gasteiger partial charge on any atom is 0.145 e. The van der Waals surface area contributed by atoms with Crippen molar-refractivity contribution in [1.82, 2.24) is 4.98 Å². The Morgan fingerprint density at radius 1 is 1.43 bits per heavy atom. The maximum atomic E-state index is 5.71. The van der Waals surface area contributed by atoms with Crippen LogP contribution in [0.2, 0.25) is 0 Å². The zero-order valence-electron chi connectivity index (χ0n) is 9.03. The van der Waals surface area contributed by atoms with E-state index in [1.54, 1.807) is 18.5 Å². The zero-order chi connectivity index (χ0) is 10.6. The largest absolute Gasteiger partial charge is 0.488 e. The predicted molar refractivity (Wildman–Crippen MR) is 58.2 cm³/mol. The monoisotopic (exact) mass is 194 g/mol. The molecule has 0 saturated heterocycles. The summed E-state index contributed by atoms with van der Waals surface area (Å²) in [5.41, 5.74) is 6.31. The van der Waals surface area contributed by atoms with Crippen LogP contribution in [0, 0.1) is 5.92 Å². The summed E-state index contributed by atoms with van der Waals surface area (Å²) >= 11 is 0. The van der Waals surface area contributed by atoms with E-state index >= 15 is 0 Å². The summed E-state index contributed by atoms with van der Waals surface area (Å²) in [6, 6.07) is 1.80. The topological polar surface area (TPSA) is 48.1 Å². The predicted octanol–water partition coefficient (Wildman–Crippen LogP) is 2.48. The van der Waals surface area contributed by atoms with Gasteiger partial charge in [-0.05, 0) is 19.3 Å². The summed E-state index contributed by atoms with van der Waals surface area (Å²) in [6.07, 6.45) is 4.52. The van der Waals surface area contributed by atoms with Gasteiger partial charge in [-0.2, -0.15) is 0 Å². The van der Waals surface area contributed by atoms with Crippen molar-refractivity contribution in [3.8, 4) is 5.75 Å². The average molecular weight is 194 g/mol. The third-order valence-corrected chi connectivity index (χ3v) is 1.94. The molecule has 0 fully saturated rings. The highest BCUT2D eigenvalue weighted by atomic mass is 16.5. The fourth-order valence-corrected chi connectivity index (χ4v) is 1.43. The molecular formula is C11H18N2O. The molecule has 3 heteroatoms. The second-order valence-electron chi connectivity index (χ2n) is 3.97. The van der Waals surface area contributed by atoms with Crippen molar-refractivity contribution in [2.24, 2.45) is 5.92 Å². The van der Waals surface area contributed by atoms with Crippen molar-refractivity contribution in [3.05, 3.63) is 18.5 Å². The van der Waals surface area contributed by atoms with Gasteiger partial charge in [-0.25, -0.2) is 0 Å². The van der Waals surface area contributed by atoms with Crippen LogP contribution >= 0.6 is 0 Å². The number of hydrogen-bond acceptors (Lipinski definition) is 3. The van der Waals surface area contributed by atoms with E-state index in [0.717, 1.165) is 12.2 Å². The number of anilines is 1. The second kappa shape index (κ2) is 4.84. The summed E-state index contributed by atoms with van der Waals surface area (Å²) in [4.78, 5) is 3.91. The first-order valence-corrected chi connectivity index (χ1v) is 4.95. The van der Waals surface area contributed by atoms with E-state index in [-0.39, 0.29) is 6.10 Å². The van der Waals surface area contributed by atoms with E-state index in [0.29, 0.717) is 11.6 Å². The molecule has 1 aromatic rings. The summed E-state index contributed by atoms with van der Waals surface area (Å²) in [5.74, 6) is 1.36. The van der Waals surface area contributed by atoms with Gasteiger partial charge in [-0.3, -0.25) is 4.98 Å². The van der Waals surface area contributed by atoms with Crippen LogP contribution in [0.25, 0.3) is 0 Å². The number of aromatic nitrogens is 1. The van der Waals surface area contributed by atoms with Gasteiger partial charge in [0.15, 0.2) is 0 Å². The number of ether oxygens (including phenoxy) is 1. The van der Waals surface area contributed by atoms with Crippen molar-refractivity contribution in [2.75, 3.05) is 5.73 Å². The molecule has 0 amide bonds. The van der Waals surface area contributed by atoms with E-state index < -0.39 is 0 Å². The van der Waals surface area contributed by atoms with Gasteiger partial charge in [0.2, 0.25) is 0 Å². The molecule has 0 aromatic carbocycles. The normalized spacial score (nSPS) is 12.9. The van der Waals surface area contributed by atoms with E-state index in [9.17, 15) is 0 Å². The highest BCUT2D eigenvalue weighted by Crippen LogP contribution is 2.21. The third kappa shape index (κ3) is 3.24. The Morgan fingerprint density at radius 2 is 2.14 bits per heavy atom. The molecular weight excluding hydrogens is 176 g/mol. The molecule has 1 heterocycles. The molecule has 0 saturated carbocycles. The third-order valence-electron chi connectivity index (χ3n) is 1.94. The van der Waals surface area contributed by atoms with Crippen LogP contribution < -0.4 is 10.5 Å². The van der Waals surface area contributed by atoms with Crippen molar-refractivity contribution in [2.45, 2.75) is 33.3 Å². The van der Waals surface area contributed by atoms with E-state index in [1.165, 1.54) is 0 Å². The average Bonchev–Trinajstić information content (AvgIpc) is 2.07.